The smallest absolute Gasteiger partial charge is 0.350 e. The molecule has 0 saturated carbocycles. The van der Waals surface area contributed by atoms with E-state index >= 15 is 0 Å². The van der Waals surface area contributed by atoms with Gasteiger partial charge in [-0.25, -0.2) is 19.7 Å². The molecule has 3 aromatic heterocycles. The summed E-state index contributed by atoms with van der Waals surface area (Å²) in [6, 6.07) is 0. The lowest BCUT2D eigenvalue weighted by molar-refractivity contribution is 0.0103. The molecule has 0 bridgehead atoms. The highest BCUT2D eigenvalue weighted by atomic mass is 35.5. The molecule has 5 heterocycles. The van der Waals surface area contributed by atoms with Crippen molar-refractivity contribution >= 4 is 57.2 Å². The van der Waals surface area contributed by atoms with Crippen LogP contribution in [-0.4, -0.2) is 77.2 Å². The van der Waals surface area contributed by atoms with E-state index in [1.165, 1.54) is 17.8 Å². The van der Waals surface area contributed by atoms with Gasteiger partial charge in [-0.15, -0.1) is 0 Å². The van der Waals surface area contributed by atoms with Gasteiger partial charge in [-0.2, -0.15) is 0 Å². The zero-order valence-electron chi connectivity index (χ0n) is 24.1. The number of anilines is 2. The Morgan fingerprint density at radius 3 is 2.48 bits per heavy atom. The molecule has 0 spiro atoms. The van der Waals surface area contributed by atoms with Gasteiger partial charge in [-0.05, 0) is 52.4 Å². The Hall–Kier alpha value is -2.73. The number of rotatable bonds is 10. The van der Waals surface area contributed by atoms with Gasteiger partial charge in [0.05, 0.1) is 35.1 Å². The van der Waals surface area contributed by atoms with Crippen LogP contribution in [0.25, 0.3) is 11.4 Å². The standard InChI is InChI=1S/C29H36Cl2N6O4S/c1-4-40-21-16-37(12-9-18(21)13-20(38)26-24(31)23(30)17(3)34-26)29-35-25(27(42-29)28(39)41-5-2)19-14-33-22(15-32-19)36-10-7-6-8-11-36/h14-15,18,21,34H,4-13,16H2,1-3H3/t18-,21-/m0/s1. The maximum absolute atomic E-state index is 13.1. The Morgan fingerprint density at radius 1 is 1.05 bits per heavy atom. The van der Waals surface area contributed by atoms with Gasteiger partial charge in [0, 0.05) is 44.9 Å². The number of esters is 1. The van der Waals surface area contributed by atoms with Crippen LogP contribution in [0.4, 0.5) is 10.9 Å². The van der Waals surface area contributed by atoms with Gasteiger partial charge in [0.2, 0.25) is 0 Å². The molecule has 5 rings (SSSR count). The number of carbonyl (C=O) groups is 2. The second-order valence-electron chi connectivity index (χ2n) is 10.6. The molecule has 0 amide bonds. The number of hydrogen-bond donors (Lipinski definition) is 1. The molecule has 13 heteroatoms. The molecule has 0 aliphatic carbocycles. The fourth-order valence-corrected chi connectivity index (χ4v) is 7.00. The van der Waals surface area contributed by atoms with E-state index in [1.54, 1.807) is 26.2 Å². The number of ether oxygens (including phenoxy) is 2. The van der Waals surface area contributed by atoms with E-state index < -0.39 is 5.97 Å². The lowest BCUT2D eigenvalue weighted by atomic mass is 9.88. The Labute approximate surface area is 259 Å². The van der Waals surface area contributed by atoms with Gasteiger partial charge < -0.3 is 24.3 Å². The topological polar surface area (TPSA) is 114 Å². The van der Waals surface area contributed by atoms with Crippen molar-refractivity contribution in [2.24, 2.45) is 5.92 Å². The van der Waals surface area contributed by atoms with Crippen LogP contribution in [-0.2, 0) is 9.47 Å². The maximum atomic E-state index is 13.1. The van der Waals surface area contributed by atoms with E-state index in [9.17, 15) is 9.59 Å². The third kappa shape index (κ3) is 6.59. The van der Waals surface area contributed by atoms with Crippen LogP contribution in [0, 0.1) is 12.8 Å². The summed E-state index contributed by atoms with van der Waals surface area (Å²) in [7, 11) is 0. The van der Waals surface area contributed by atoms with Crippen molar-refractivity contribution in [1.29, 1.82) is 0 Å². The van der Waals surface area contributed by atoms with Crippen LogP contribution in [0.3, 0.4) is 0 Å². The molecule has 10 nitrogen and oxygen atoms in total. The summed E-state index contributed by atoms with van der Waals surface area (Å²) < 4.78 is 11.5. The normalized spacial score (nSPS) is 19.3. The maximum Gasteiger partial charge on any atom is 0.350 e. The second-order valence-corrected chi connectivity index (χ2v) is 12.3. The lowest BCUT2D eigenvalue weighted by Crippen LogP contribution is -2.46. The number of H-pyrrole nitrogens is 1. The van der Waals surface area contributed by atoms with Crippen LogP contribution in [0.2, 0.25) is 10.0 Å². The first-order chi connectivity index (χ1) is 20.3. The van der Waals surface area contributed by atoms with Gasteiger partial charge in [0.25, 0.3) is 0 Å². The minimum Gasteiger partial charge on any atom is -0.462 e. The van der Waals surface area contributed by atoms with Crippen molar-refractivity contribution < 1.29 is 19.1 Å². The quantitative estimate of drug-likeness (QED) is 0.205. The molecule has 226 valence electrons. The molecule has 3 aromatic rings. The van der Waals surface area contributed by atoms with Crippen molar-refractivity contribution in [2.75, 3.05) is 49.2 Å². The average Bonchev–Trinajstić information content (AvgIpc) is 3.56. The molecule has 2 atom stereocenters. The second kappa shape index (κ2) is 13.7. The minimum atomic E-state index is -0.434. The summed E-state index contributed by atoms with van der Waals surface area (Å²) in [5.74, 6) is 0.299. The SMILES string of the molecule is CCOC(=O)c1sc(N2CC[C@@H](CC(=O)c3[nH]c(C)c(Cl)c3Cl)[C@@H](OCC)C2)nc1-c1cnc(N2CCCCC2)cn1. The highest BCUT2D eigenvalue weighted by Gasteiger charge is 2.35. The number of ketones is 1. The summed E-state index contributed by atoms with van der Waals surface area (Å²) in [5, 5.41) is 1.32. The van der Waals surface area contributed by atoms with E-state index in [4.69, 9.17) is 37.7 Å². The zero-order chi connectivity index (χ0) is 29.8. The number of hydrogen-bond acceptors (Lipinski definition) is 10. The van der Waals surface area contributed by atoms with Crippen molar-refractivity contribution in [3.8, 4) is 11.4 Å². The van der Waals surface area contributed by atoms with Gasteiger partial charge in [-0.3, -0.25) is 4.79 Å². The Bertz CT molecular complexity index is 1410. The Balaban J connectivity index is 1.35. The molecule has 0 aromatic carbocycles. The van der Waals surface area contributed by atoms with Gasteiger partial charge >= 0.3 is 5.97 Å². The molecule has 42 heavy (non-hydrogen) atoms. The predicted molar refractivity (Wildman–Crippen MR) is 165 cm³/mol. The molecule has 0 radical (unpaired) electrons. The Kier molecular flexibility index (Phi) is 10.0. The van der Waals surface area contributed by atoms with Gasteiger partial charge in [0.15, 0.2) is 10.9 Å². The van der Waals surface area contributed by atoms with Crippen LogP contribution in [0.1, 0.15) is 71.8 Å². The number of piperidine rings is 2. The van der Waals surface area contributed by atoms with Crippen LogP contribution >= 0.6 is 34.5 Å². The average molecular weight is 636 g/mol. The number of nitrogens with one attached hydrogen (secondary N) is 1. The number of carbonyl (C=O) groups excluding carboxylic acids is 2. The van der Waals surface area contributed by atoms with Crippen molar-refractivity contribution in [3.63, 3.8) is 0 Å². The van der Waals surface area contributed by atoms with Gasteiger partial charge in [-0.1, -0.05) is 34.5 Å². The largest absolute Gasteiger partial charge is 0.462 e. The van der Waals surface area contributed by atoms with Crippen LogP contribution < -0.4 is 9.80 Å². The van der Waals surface area contributed by atoms with E-state index in [-0.39, 0.29) is 35.9 Å². The molecule has 0 unspecified atom stereocenters. The van der Waals surface area contributed by atoms with E-state index in [0.29, 0.717) is 63.9 Å². The van der Waals surface area contributed by atoms with Crippen molar-refractivity contribution in [3.05, 3.63) is 38.7 Å². The third-order valence-electron chi connectivity index (χ3n) is 7.77. The summed E-state index contributed by atoms with van der Waals surface area (Å²) in [5.41, 5.74) is 2.00. The summed E-state index contributed by atoms with van der Waals surface area (Å²) in [6.45, 7) is 9.38. The number of Topliss-reactive ketones (excluding diaryl/α,β-unsaturated/α-hetero) is 1. The highest BCUT2D eigenvalue weighted by molar-refractivity contribution is 7.17. The number of aryl methyl sites for hydroxylation is 1. The summed E-state index contributed by atoms with van der Waals surface area (Å²) in [4.78, 5) is 48.0. The molecular formula is C29H36Cl2N6O4S. The number of nitrogens with zero attached hydrogens (tertiary/aromatic N) is 5. The first kappa shape index (κ1) is 30.7. The van der Waals surface area contributed by atoms with E-state index in [1.807, 2.05) is 6.92 Å². The molecule has 2 aliphatic heterocycles. The third-order valence-corrected chi connectivity index (χ3v) is 9.81. The zero-order valence-corrected chi connectivity index (χ0v) is 26.4. The number of aromatic amines is 1. The monoisotopic (exact) mass is 634 g/mol. The molecule has 1 N–H and O–H groups in total. The lowest BCUT2D eigenvalue weighted by Gasteiger charge is -2.38. The van der Waals surface area contributed by atoms with E-state index in [2.05, 4.69) is 24.8 Å². The van der Waals surface area contributed by atoms with Crippen molar-refractivity contribution in [1.82, 2.24) is 19.9 Å². The minimum absolute atomic E-state index is 0.00990. The van der Waals surface area contributed by atoms with Crippen LogP contribution in [0.5, 0.6) is 0 Å². The predicted octanol–water partition coefficient (Wildman–Crippen LogP) is 6.21. The Morgan fingerprint density at radius 2 is 1.83 bits per heavy atom. The van der Waals surface area contributed by atoms with E-state index in [0.717, 1.165) is 31.7 Å². The highest BCUT2D eigenvalue weighted by Crippen LogP contribution is 2.37. The van der Waals surface area contributed by atoms with Gasteiger partial charge in [0.1, 0.15) is 27.8 Å². The number of halogens is 2. The molecule has 2 aliphatic rings. The molecule has 2 fully saturated rings. The van der Waals surface area contributed by atoms with Crippen LogP contribution in [0.15, 0.2) is 12.4 Å². The molecule has 2 saturated heterocycles. The number of aromatic nitrogens is 4. The number of thiazole rings is 1. The molecular weight excluding hydrogens is 599 g/mol. The van der Waals surface area contributed by atoms with Crippen molar-refractivity contribution in [2.45, 2.75) is 59.0 Å². The fourth-order valence-electron chi connectivity index (χ4n) is 5.56. The fraction of sp³-hybridized carbons (Fsp3) is 0.552. The first-order valence-corrected chi connectivity index (χ1v) is 16.1. The summed E-state index contributed by atoms with van der Waals surface area (Å²) >= 11 is 13.8. The first-order valence-electron chi connectivity index (χ1n) is 14.5. The summed E-state index contributed by atoms with van der Waals surface area (Å²) in [6.07, 6.45) is 7.75.